The van der Waals surface area contributed by atoms with Crippen LogP contribution in [0, 0.1) is 5.82 Å². The number of likely N-dealkylation sites (N-methyl/N-ethyl adjacent to an activating group) is 1. The number of rotatable bonds is 5. The van der Waals surface area contributed by atoms with E-state index in [1.165, 1.54) is 0 Å². The van der Waals surface area contributed by atoms with Crippen molar-refractivity contribution in [3.05, 3.63) is 28.0 Å². The molecule has 0 bridgehead atoms. The highest BCUT2D eigenvalue weighted by Gasteiger charge is 2.22. The van der Waals surface area contributed by atoms with Gasteiger partial charge in [-0.25, -0.2) is 4.39 Å². The summed E-state index contributed by atoms with van der Waals surface area (Å²) in [7, 11) is 0.327. The molecule has 0 atom stereocenters. The van der Waals surface area contributed by atoms with E-state index in [1.807, 2.05) is 0 Å². The molecule has 0 saturated carbocycles. The summed E-state index contributed by atoms with van der Waals surface area (Å²) >= 11 is 3.15. The lowest BCUT2D eigenvalue weighted by atomic mass is 9.78. The molecule has 0 unspecified atom stereocenters. The molecule has 4 nitrogen and oxygen atoms in total. The summed E-state index contributed by atoms with van der Waals surface area (Å²) in [6.07, 6.45) is 1.47. The summed E-state index contributed by atoms with van der Waals surface area (Å²) in [4.78, 5) is 4.69. The topological polar surface area (TPSA) is 46.9 Å². The molecule has 2 N–H and O–H groups in total. The van der Waals surface area contributed by atoms with Crippen molar-refractivity contribution in [1.82, 2.24) is 9.80 Å². The Labute approximate surface area is 133 Å². The fourth-order valence-corrected chi connectivity index (χ4v) is 3.12. The van der Waals surface area contributed by atoms with Crippen LogP contribution in [-0.2, 0) is 6.42 Å². The zero-order chi connectivity index (χ0) is 15.4. The van der Waals surface area contributed by atoms with Crippen molar-refractivity contribution < 1.29 is 14.4 Å². The van der Waals surface area contributed by atoms with E-state index in [4.69, 9.17) is 0 Å². The zero-order valence-electron chi connectivity index (χ0n) is 12.2. The van der Waals surface area contributed by atoms with Gasteiger partial charge in [0.05, 0.1) is 0 Å². The van der Waals surface area contributed by atoms with Gasteiger partial charge in [0.2, 0.25) is 0 Å². The molecule has 21 heavy (non-hydrogen) atoms. The van der Waals surface area contributed by atoms with E-state index in [1.54, 1.807) is 12.1 Å². The van der Waals surface area contributed by atoms with Crippen LogP contribution in [0.2, 0.25) is 0 Å². The van der Waals surface area contributed by atoms with Crippen LogP contribution in [0.15, 0.2) is 16.6 Å². The summed E-state index contributed by atoms with van der Waals surface area (Å²) in [5.74, 6) is -0.516. The van der Waals surface area contributed by atoms with Gasteiger partial charge in [-0.2, -0.15) is 0 Å². The van der Waals surface area contributed by atoms with Crippen molar-refractivity contribution in [3.63, 3.8) is 0 Å². The molecule has 2 rings (SSSR count). The third-order valence-electron chi connectivity index (χ3n) is 3.98. The first-order chi connectivity index (χ1) is 9.99. The quantitative estimate of drug-likeness (QED) is 0.750. The molecule has 7 heteroatoms. The molecule has 116 valence electrons. The summed E-state index contributed by atoms with van der Waals surface area (Å²) in [5.41, 5.74) is 0.461. The summed E-state index contributed by atoms with van der Waals surface area (Å²) < 4.78 is 14.6. The van der Waals surface area contributed by atoms with Crippen LogP contribution in [-0.4, -0.2) is 66.7 Å². The van der Waals surface area contributed by atoms with Crippen molar-refractivity contribution in [2.45, 2.75) is 12.8 Å². The molecule has 1 fully saturated rings. The zero-order valence-corrected chi connectivity index (χ0v) is 13.8. The Morgan fingerprint density at radius 3 is 2.52 bits per heavy atom. The number of benzene rings is 1. The van der Waals surface area contributed by atoms with Crippen molar-refractivity contribution in [2.24, 2.45) is 0 Å². The first kappa shape index (κ1) is 16.9. The van der Waals surface area contributed by atoms with Gasteiger partial charge in [0, 0.05) is 36.1 Å². The van der Waals surface area contributed by atoms with Crippen molar-refractivity contribution in [1.29, 1.82) is 0 Å². The van der Waals surface area contributed by atoms with Crippen LogP contribution in [0.5, 0.6) is 0 Å². The maximum Gasteiger partial charge on any atom is 0.492 e. The fraction of sp³-hybridized carbons (Fsp3) is 0.571. The Bertz CT molecular complexity index is 482. The van der Waals surface area contributed by atoms with Crippen LogP contribution in [0.4, 0.5) is 4.39 Å². The highest BCUT2D eigenvalue weighted by molar-refractivity contribution is 9.10. The van der Waals surface area contributed by atoms with Gasteiger partial charge >= 0.3 is 7.12 Å². The second-order valence-electron chi connectivity index (χ2n) is 5.56. The van der Waals surface area contributed by atoms with Crippen molar-refractivity contribution in [2.75, 3.05) is 39.8 Å². The van der Waals surface area contributed by atoms with Gasteiger partial charge in [0.1, 0.15) is 5.82 Å². The van der Waals surface area contributed by atoms with E-state index in [9.17, 15) is 14.4 Å². The Hall–Kier alpha value is -0.465. The lowest BCUT2D eigenvalue weighted by molar-refractivity contribution is 0.153. The Morgan fingerprint density at radius 1 is 1.24 bits per heavy atom. The number of hydrogen-bond acceptors (Lipinski definition) is 4. The van der Waals surface area contributed by atoms with Crippen LogP contribution < -0.4 is 5.46 Å². The Morgan fingerprint density at radius 2 is 1.90 bits per heavy atom. The number of halogens is 2. The number of nitrogens with zero attached hydrogens (tertiary/aromatic N) is 2. The maximum absolute atomic E-state index is 14.2. The second-order valence-corrected chi connectivity index (χ2v) is 6.41. The molecule has 0 amide bonds. The third-order valence-corrected chi connectivity index (χ3v) is 4.67. The molecular formula is C14H21BBrFN2O2. The van der Waals surface area contributed by atoms with E-state index in [-0.39, 0.29) is 5.46 Å². The van der Waals surface area contributed by atoms with E-state index >= 15 is 0 Å². The second kappa shape index (κ2) is 7.69. The smallest absolute Gasteiger partial charge is 0.423 e. The molecule has 1 aliphatic rings. The monoisotopic (exact) mass is 358 g/mol. The normalized spacial score (nSPS) is 17.2. The Kier molecular flexibility index (Phi) is 6.19. The van der Waals surface area contributed by atoms with Crippen LogP contribution in [0.1, 0.15) is 12.0 Å². The molecule has 0 spiro atoms. The highest BCUT2D eigenvalue weighted by Crippen LogP contribution is 2.15. The standard InChI is InChI=1S/C14H21BBrFN2O2/c1-18-7-9-19(10-8-18)6-2-3-11-4-5-12(16)13(14(11)17)15(20)21/h4-5,20-21H,2-3,6-10H2,1H3. The van der Waals surface area contributed by atoms with Crippen LogP contribution in [0.25, 0.3) is 0 Å². The molecule has 0 aliphatic carbocycles. The minimum Gasteiger partial charge on any atom is -0.423 e. The molecule has 0 aromatic heterocycles. The predicted molar refractivity (Wildman–Crippen MR) is 86.2 cm³/mol. The Balaban J connectivity index is 1.90. The third kappa shape index (κ3) is 4.50. The molecular weight excluding hydrogens is 338 g/mol. The summed E-state index contributed by atoms with van der Waals surface area (Å²) in [5, 5.41) is 18.5. The van der Waals surface area contributed by atoms with Gasteiger partial charge < -0.3 is 19.8 Å². The van der Waals surface area contributed by atoms with Gasteiger partial charge in [-0.15, -0.1) is 0 Å². The number of piperazine rings is 1. The van der Waals surface area contributed by atoms with Crippen molar-refractivity contribution in [3.8, 4) is 0 Å². The predicted octanol–water partition coefficient (Wildman–Crippen LogP) is 0.448. The first-order valence-electron chi connectivity index (χ1n) is 7.23. The number of aryl methyl sites for hydroxylation is 1. The molecule has 1 heterocycles. The maximum atomic E-state index is 14.2. The van der Waals surface area contributed by atoms with Gasteiger partial charge in [-0.05, 0) is 38.1 Å². The average Bonchev–Trinajstić information content (AvgIpc) is 2.43. The largest absolute Gasteiger partial charge is 0.492 e. The lowest BCUT2D eigenvalue weighted by Crippen LogP contribution is -2.44. The van der Waals surface area contributed by atoms with E-state index < -0.39 is 12.9 Å². The molecule has 1 aliphatic heterocycles. The average molecular weight is 359 g/mol. The number of hydrogen-bond donors (Lipinski definition) is 2. The van der Waals surface area contributed by atoms with E-state index in [0.717, 1.165) is 39.1 Å². The fourth-order valence-electron chi connectivity index (χ4n) is 2.61. The minimum atomic E-state index is -1.79. The molecule has 1 aromatic rings. The van der Waals surface area contributed by atoms with Crippen LogP contribution in [0.3, 0.4) is 0 Å². The van der Waals surface area contributed by atoms with E-state index in [2.05, 4.69) is 32.8 Å². The first-order valence-corrected chi connectivity index (χ1v) is 8.02. The highest BCUT2D eigenvalue weighted by atomic mass is 79.9. The van der Waals surface area contributed by atoms with Gasteiger partial charge in [-0.3, -0.25) is 0 Å². The minimum absolute atomic E-state index is 0.0768. The SMILES string of the molecule is CN1CCN(CCCc2ccc(Br)c(B(O)O)c2F)CC1. The van der Waals surface area contributed by atoms with E-state index in [0.29, 0.717) is 16.5 Å². The molecule has 0 radical (unpaired) electrons. The van der Waals surface area contributed by atoms with Gasteiger partial charge in [-0.1, -0.05) is 22.0 Å². The summed E-state index contributed by atoms with van der Waals surface area (Å²) in [6, 6.07) is 3.37. The van der Waals surface area contributed by atoms with Gasteiger partial charge in [0.15, 0.2) is 0 Å². The molecule has 1 aromatic carbocycles. The van der Waals surface area contributed by atoms with Gasteiger partial charge in [0.25, 0.3) is 0 Å². The van der Waals surface area contributed by atoms with Crippen LogP contribution >= 0.6 is 15.9 Å². The van der Waals surface area contributed by atoms with Crippen molar-refractivity contribution >= 4 is 28.5 Å². The lowest BCUT2D eigenvalue weighted by Gasteiger charge is -2.32. The summed E-state index contributed by atoms with van der Waals surface area (Å²) in [6.45, 7) is 5.21. The molecule has 1 saturated heterocycles.